The van der Waals surface area contributed by atoms with Gasteiger partial charge in [0.05, 0.1) is 12.2 Å². The molecule has 0 bridgehead atoms. The van der Waals surface area contributed by atoms with Crippen molar-refractivity contribution < 1.29 is 0 Å². The summed E-state index contributed by atoms with van der Waals surface area (Å²) in [6.07, 6.45) is 5.77. The van der Waals surface area contributed by atoms with Crippen molar-refractivity contribution in [1.29, 1.82) is 0 Å². The molecule has 0 aliphatic heterocycles. The standard InChI is InChI=1S/C24H23ClN4/c1-18(20-9-11-23(25)12-10-20)27-15-22-17-29(16-19-6-3-2-4-7-19)28-24(22)21-8-5-13-26-14-21/h2-14,17-18,27H,15-16H2,1H3/t18-/m1/s1. The van der Waals surface area contributed by atoms with E-state index in [1.807, 2.05) is 41.2 Å². The molecule has 0 aliphatic carbocycles. The topological polar surface area (TPSA) is 42.7 Å². The Morgan fingerprint density at radius 1 is 1.00 bits per heavy atom. The summed E-state index contributed by atoms with van der Waals surface area (Å²) < 4.78 is 2.00. The third-order valence-electron chi connectivity index (χ3n) is 4.93. The largest absolute Gasteiger partial charge is 0.306 e. The van der Waals surface area contributed by atoms with Crippen molar-refractivity contribution in [3.63, 3.8) is 0 Å². The van der Waals surface area contributed by atoms with E-state index in [1.165, 1.54) is 11.1 Å². The molecule has 4 rings (SSSR count). The molecule has 1 atom stereocenters. The number of hydrogen-bond acceptors (Lipinski definition) is 3. The molecule has 1 N–H and O–H groups in total. The molecule has 4 aromatic rings. The van der Waals surface area contributed by atoms with Crippen LogP contribution in [-0.4, -0.2) is 14.8 Å². The average molecular weight is 403 g/mol. The van der Waals surface area contributed by atoms with E-state index in [0.29, 0.717) is 6.54 Å². The lowest BCUT2D eigenvalue weighted by atomic mass is 10.1. The quantitative estimate of drug-likeness (QED) is 0.444. The Bertz CT molecular complexity index is 1040. The van der Waals surface area contributed by atoms with Crippen molar-refractivity contribution in [3.8, 4) is 11.3 Å². The highest BCUT2D eigenvalue weighted by Gasteiger charge is 2.13. The second-order valence-corrected chi connectivity index (χ2v) is 7.52. The van der Waals surface area contributed by atoms with E-state index in [0.717, 1.165) is 28.4 Å². The van der Waals surface area contributed by atoms with E-state index in [2.05, 4.69) is 59.8 Å². The van der Waals surface area contributed by atoms with Crippen LogP contribution in [0, 0.1) is 0 Å². The number of hydrogen-bond donors (Lipinski definition) is 1. The lowest BCUT2D eigenvalue weighted by Crippen LogP contribution is -2.18. The molecule has 2 aromatic carbocycles. The zero-order chi connectivity index (χ0) is 20.1. The zero-order valence-electron chi connectivity index (χ0n) is 16.3. The first kappa shape index (κ1) is 19.4. The van der Waals surface area contributed by atoms with Gasteiger partial charge in [-0.05, 0) is 42.3 Å². The van der Waals surface area contributed by atoms with Crippen molar-refractivity contribution in [3.05, 3.63) is 107 Å². The minimum absolute atomic E-state index is 0.200. The van der Waals surface area contributed by atoms with Crippen LogP contribution < -0.4 is 5.32 Å². The summed E-state index contributed by atoms with van der Waals surface area (Å²) in [5.74, 6) is 0. The second-order valence-electron chi connectivity index (χ2n) is 7.08. The van der Waals surface area contributed by atoms with Gasteiger partial charge in [-0.25, -0.2) is 0 Å². The highest BCUT2D eigenvalue weighted by atomic mass is 35.5. The molecule has 0 saturated heterocycles. The monoisotopic (exact) mass is 402 g/mol. The van der Waals surface area contributed by atoms with Gasteiger partial charge in [-0.1, -0.05) is 54.1 Å². The third-order valence-corrected chi connectivity index (χ3v) is 5.18. The van der Waals surface area contributed by atoms with Gasteiger partial charge in [-0.3, -0.25) is 9.67 Å². The number of nitrogens with one attached hydrogen (secondary N) is 1. The number of pyridine rings is 1. The van der Waals surface area contributed by atoms with E-state index in [-0.39, 0.29) is 6.04 Å². The zero-order valence-corrected chi connectivity index (χ0v) is 17.1. The lowest BCUT2D eigenvalue weighted by Gasteiger charge is -2.14. The number of halogens is 1. The van der Waals surface area contributed by atoms with Crippen LogP contribution >= 0.6 is 11.6 Å². The summed E-state index contributed by atoms with van der Waals surface area (Å²) in [7, 11) is 0. The number of aromatic nitrogens is 3. The van der Waals surface area contributed by atoms with Crippen LogP contribution in [0.1, 0.15) is 29.7 Å². The van der Waals surface area contributed by atoms with Crippen molar-refractivity contribution in [2.45, 2.75) is 26.1 Å². The molecule has 2 aromatic heterocycles. The van der Waals surface area contributed by atoms with Gasteiger partial charge in [-0.15, -0.1) is 0 Å². The molecular weight excluding hydrogens is 380 g/mol. The fourth-order valence-corrected chi connectivity index (χ4v) is 3.45. The predicted octanol–water partition coefficient (Wildman–Crippen LogP) is 5.50. The van der Waals surface area contributed by atoms with E-state index < -0.39 is 0 Å². The lowest BCUT2D eigenvalue weighted by molar-refractivity contribution is 0.574. The number of rotatable bonds is 7. The van der Waals surface area contributed by atoms with Crippen LogP contribution in [0.5, 0.6) is 0 Å². The molecule has 0 fully saturated rings. The van der Waals surface area contributed by atoms with Crippen molar-refractivity contribution >= 4 is 11.6 Å². The van der Waals surface area contributed by atoms with Gasteiger partial charge in [-0.2, -0.15) is 5.10 Å². The van der Waals surface area contributed by atoms with Gasteiger partial charge in [0.15, 0.2) is 0 Å². The van der Waals surface area contributed by atoms with Crippen molar-refractivity contribution in [2.24, 2.45) is 0 Å². The van der Waals surface area contributed by atoms with Crippen LogP contribution in [0.4, 0.5) is 0 Å². The van der Waals surface area contributed by atoms with Gasteiger partial charge < -0.3 is 5.32 Å². The maximum atomic E-state index is 6.01. The fraction of sp³-hybridized carbons (Fsp3) is 0.167. The first-order chi connectivity index (χ1) is 14.2. The molecule has 2 heterocycles. The van der Waals surface area contributed by atoms with Gasteiger partial charge >= 0.3 is 0 Å². The smallest absolute Gasteiger partial charge is 0.0983 e. The SMILES string of the molecule is C[C@@H](NCc1cn(Cc2ccccc2)nc1-c1cccnc1)c1ccc(Cl)cc1. The minimum Gasteiger partial charge on any atom is -0.306 e. The van der Waals surface area contributed by atoms with Gasteiger partial charge in [0.1, 0.15) is 0 Å². The number of nitrogens with zero attached hydrogens (tertiary/aromatic N) is 3. The van der Waals surface area contributed by atoms with Crippen LogP contribution in [0.25, 0.3) is 11.3 Å². The Morgan fingerprint density at radius 3 is 2.52 bits per heavy atom. The van der Waals surface area contributed by atoms with E-state index in [1.54, 1.807) is 6.20 Å². The Morgan fingerprint density at radius 2 is 1.79 bits per heavy atom. The summed E-state index contributed by atoms with van der Waals surface area (Å²) in [5, 5.41) is 9.21. The molecule has 0 amide bonds. The molecule has 0 aliphatic rings. The van der Waals surface area contributed by atoms with E-state index in [4.69, 9.17) is 16.7 Å². The summed E-state index contributed by atoms with van der Waals surface area (Å²) in [5.41, 5.74) is 5.56. The van der Waals surface area contributed by atoms with Crippen LogP contribution in [0.3, 0.4) is 0 Å². The molecule has 146 valence electrons. The molecule has 29 heavy (non-hydrogen) atoms. The van der Waals surface area contributed by atoms with E-state index in [9.17, 15) is 0 Å². The van der Waals surface area contributed by atoms with Gasteiger partial charge in [0.2, 0.25) is 0 Å². The molecular formula is C24H23ClN4. The fourth-order valence-electron chi connectivity index (χ4n) is 3.32. The Labute approximate surface area is 176 Å². The first-order valence-electron chi connectivity index (χ1n) is 9.68. The summed E-state index contributed by atoms with van der Waals surface area (Å²) in [4.78, 5) is 4.26. The van der Waals surface area contributed by atoms with Crippen LogP contribution in [-0.2, 0) is 13.1 Å². The second kappa shape index (κ2) is 9.03. The molecule has 0 unspecified atom stereocenters. The summed E-state index contributed by atoms with van der Waals surface area (Å²) >= 11 is 6.01. The molecule has 5 heteroatoms. The van der Waals surface area contributed by atoms with Crippen molar-refractivity contribution in [1.82, 2.24) is 20.1 Å². The first-order valence-corrected chi connectivity index (χ1v) is 10.1. The normalized spacial score (nSPS) is 12.1. The van der Waals surface area contributed by atoms with Gasteiger partial charge in [0.25, 0.3) is 0 Å². The summed E-state index contributed by atoms with van der Waals surface area (Å²) in [6.45, 7) is 3.60. The molecule has 0 spiro atoms. The minimum atomic E-state index is 0.200. The van der Waals surface area contributed by atoms with E-state index >= 15 is 0 Å². The molecule has 0 radical (unpaired) electrons. The summed E-state index contributed by atoms with van der Waals surface area (Å²) in [6, 6.07) is 22.5. The Hall–Kier alpha value is -2.95. The highest BCUT2D eigenvalue weighted by molar-refractivity contribution is 6.30. The Kier molecular flexibility index (Phi) is 6.03. The van der Waals surface area contributed by atoms with Crippen LogP contribution in [0.15, 0.2) is 85.3 Å². The van der Waals surface area contributed by atoms with Crippen molar-refractivity contribution in [2.75, 3.05) is 0 Å². The third kappa shape index (κ3) is 4.91. The predicted molar refractivity (Wildman–Crippen MR) is 118 cm³/mol. The highest BCUT2D eigenvalue weighted by Crippen LogP contribution is 2.23. The maximum Gasteiger partial charge on any atom is 0.0983 e. The molecule has 0 saturated carbocycles. The van der Waals surface area contributed by atoms with Crippen LogP contribution in [0.2, 0.25) is 5.02 Å². The maximum absolute atomic E-state index is 6.01. The Balaban J connectivity index is 1.56. The molecule has 4 nitrogen and oxygen atoms in total. The number of benzene rings is 2. The van der Waals surface area contributed by atoms with Gasteiger partial charge in [0, 0.05) is 47.3 Å². The average Bonchev–Trinajstić information content (AvgIpc) is 3.16.